The SMILES string of the molecule is OC(CS)C(O)c1cccc(Nc2ccccc2)c1. The highest BCUT2D eigenvalue weighted by molar-refractivity contribution is 7.80. The first kappa shape index (κ1) is 13.9. The van der Waals surface area contributed by atoms with Gasteiger partial charge < -0.3 is 15.5 Å². The average molecular weight is 275 g/mol. The molecule has 4 heteroatoms. The van der Waals surface area contributed by atoms with Crippen LogP contribution in [0, 0.1) is 0 Å². The lowest BCUT2D eigenvalue weighted by Gasteiger charge is -2.17. The molecule has 2 rings (SSSR count). The number of thiol groups is 1. The first-order chi connectivity index (χ1) is 9.20. The highest BCUT2D eigenvalue weighted by Gasteiger charge is 2.16. The van der Waals surface area contributed by atoms with Gasteiger partial charge in [0.2, 0.25) is 0 Å². The summed E-state index contributed by atoms with van der Waals surface area (Å²) >= 11 is 3.99. The molecule has 0 saturated carbocycles. The van der Waals surface area contributed by atoms with Crippen LogP contribution in [0.5, 0.6) is 0 Å². The Bertz CT molecular complexity index is 519. The minimum Gasteiger partial charge on any atom is -0.389 e. The van der Waals surface area contributed by atoms with Crippen LogP contribution < -0.4 is 5.32 Å². The molecule has 0 amide bonds. The van der Waals surface area contributed by atoms with Crippen LogP contribution in [0.2, 0.25) is 0 Å². The van der Waals surface area contributed by atoms with Crippen molar-refractivity contribution in [1.29, 1.82) is 0 Å². The molecule has 0 fully saturated rings. The summed E-state index contributed by atoms with van der Waals surface area (Å²) in [7, 11) is 0. The van der Waals surface area contributed by atoms with Gasteiger partial charge in [-0.15, -0.1) is 0 Å². The van der Waals surface area contributed by atoms with Crippen LogP contribution in [0.3, 0.4) is 0 Å². The predicted molar refractivity (Wildman–Crippen MR) is 81.0 cm³/mol. The summed E-state index contributed by atoms with van der Waals surface area (Å²) < 4.78 is 0. The Morgan fingerprint density at radius 2 is 1.63 bits per heavy atom. The molecule has 0 aliphatic carbocycles. The number of aliphatic hydroxyl groups excluding tert-OH is 2. The second-order valence-corrected chi connectivity index (χ2v) is 4.68. The summed E-state index contributed by atoms with van der Waals surface area (Å²) in [5, 5.41) is 22.8. The molecule has 0 aromatic heterocycles. The summed E-state index contributed by atoms with van der Waals surface area (Å²) in [6.07, 6.45) is -1.79. The Labute approximate surface area is 118 Å². The summed E-state index contributed by atoms with van der Waals surface area (Å²) in [5.41, 5.74) is 2.51. The van der Waals surface area contributed by atoms with E-state index in [1.54, 1.807) is 6.07 Å². The van der Waals surface area contributed by atoms with Gasteiger partial charge in [-0.05, 0) is 29.8 Å². The Balaban J connectivity index is 2.15. The monoisotopic (exact) mass is 275 g/mol. The topological polar surface area (TPSA) is 52.5 Å². The molecule has 0 radical (unpaired) electrons. The van der Waals surface area contributed by atoms with Gasteiger partial charge in [0.05, 0.1) is 6.10 Å². The van der Waals surface area contributed by atoms with Crippen LogP contribution in [0.1, 0.15) is 11.7 Å². The van der Waals surface area contributed by atoms with Crippen molar-refractivity contribution in [2.24, 2.45) is 0 Å². The molecule has 2 atom stereocenters. The van der Waals surface area contributed by atoms with Gasteiger partial charge in [-0.3, -0.25) is 0 Å². The Kier molecular flexibility index (Phi) is 4.85. The Hall–Kier alpha value is -1.49. The Morgan fingerprint density at radius 3 is 2.32 bits per heavy atom. The molecule has 0 bridgehead atoms. The van der Waals surface area contributed by atoms with E-state index in [-0.39, 0.29) is 5.75 Å². The number of para-hydroxylation sites is 1. The van der Waals surface area contributed by atoms with Gasteiger partial charge >= 0.3 is 0 Å². The number of aliphatic hydroxyl groups is 2. The van der Waals surface area contributed by atoms with Crippen molar-refractivity contribution in [3.05, 3.63) is 60.2 Å². The molecule has 0 aliphatic rings. The lowest BCUT2D eigenvalue weighted by molar-refractivity contribution is 0.0338. The summed E-state index contributed by atoms with van der Waals surface area (Å²) in [5.74, 6) is 0.220. The van der Waals surface area contributed by atoms with Crippen LogP contribution in [0.4, 0.5) is 11.4 Å². The van der Waals surface area contributed by atoms with Gasteiger partial charge in [-0.25, -0.2) is 0 Å². The van der Waals surface area contributed by atoms with Crippen LogP contribution in [0.15, 0.2) is 54.6 Å². The molecule has 2 unspecified atom stereocenters. The number of hydrogen-bond acceptors (Lipinski definition) is 4. The molecule has 0 saturated heterocycles. The second-order valence-electron chi connectivity index (χ2n) is 4.31. The van der Waals surface area contributed by atoms with Crippen LogP contribution >= 0.6 is 12.6 Å². The fraction of sp³-hybridized carbons (Fsp3) is 0.200. The fourth-order valence-corrected chi connectivity index (χ4v) is 2.01. The third kappa shape index (κ3) is 3.73. The van der Waals surface area contributed by atoms with Gasteiger partial charge in [0, 0.05) is 17.1 Å². The molecule has 0 heterocycles. The van der Waals surface area contributed by atoms with E-state index in [9.17, 15) is 10.2 Å². The highest BCUT2D eigenvalue weighted by Crippen LogP contribution is 2.23. The lowest BCUT2D eigenvalue weighted by Crippen LogP contribution is -2.19. The van der Waals surface area contributed by atoms with Crippen molar-refractivity contribution >= 4 is 24.0 Å². The fourth-order valence-electron chi connectivity index (χ4n) is 1.81. The minimum atomic E-state index is -0.921. The van der Waals surface area contributed by atoms with Crippen molar-refractivity contribution in [2.75, 3.05) is 11.1 Å². The molecular formula is C15H17NO2S. The van der Waals surface area contributed by atoms with Crippen molar-refractivity contribution in [3.63, 3.8) is 0 Å². The van der Waals surface area contributed by atoms with E-state index in [1.165, 1.54) is 0 Å². The minimum absolute atomic E-state index is 0.220. The number of anilines is 2. The molecule has 100 valence electrons. The maximum absolute atomic E-state index is 9.95. The van der Waals surface area contributed by atoms with E-state index in [2.05, 4.69) is 17.9 Å². The molecule has 0 spiro atoms. The van der Waals surface area contributed by atoms with Gasteiger partial charge in [-0.2, -0.15) is 12.6 Å². The van der Waals surface area contributed by atoms with Crippen LogP contribution in [-0.4, -0.2) is 22.1 Å². The third-order valence-electron chi connectivity index (χ3n) is 2.84. The van der Waals surface area contributed by atoms with Crippen LogP contribution in [0.25, 0.3) is 0 Å². The second kappa shape index (κ2) is 6.61. The smallest absolute Gasteiger partial charge is 0.106 e. The largest absolute Gasteiger partial charge is 0.389 e. The predicted octanol–water partition coefficient (Wildman–Crippen LogP) is 2.75. The molecule has 2 aromatic carbocycles. The number of hydrogen-bond donors (Lipinski definition) is 4. The van der Waals surface area contributed by atoms with Crippen LogP contribution in [-0.2, 0) is 0 Å². The number of rotatable bonds is 5. The first-order valence-corrected chi connectivity index (χ1v) is 6.73. The molecule has 19 heavy (non-hydrogen) atoms. The van der Waals surface area contributed by atoms with E-state index in [1.807, 2.05) is 48.5 Å². The quantitative estimate of drug-likeness (QED) is 0.635. The lowest BCUT2D eigenvalue weighted by atomic mass is 10.0. The Morgan fingerprint density at radius 1 is 0.947 bits per heavy atom. The van der Waals surface area contributed by atoms with E-state index >= 15 is 0 Å². The summed E-state index contributed by atoms with van der Waals surface area (Å²) in [6, 6.07) is 17.1. The average Bonchev–Trinajstić information content (AvgIpc) is 2.47. The third-order valence-corrected chi connectivity index (χ3v) is 3.22. The summed E-state index contributed by atoms with van der Waals surface area (Å²) in [4.78, 5) is 0. The van der Waals surface area contributed by atoms with E-state index < -0.39 is 12.2 Å². The van der Waals surface area contributed by atoms with Gasteiger partial charge in [0.15, 0.2) is 0 Å². The van der Waals surface area contributed by atoms with Crippen molar-refractivity contribution in [2.45, 2.75) is 12.2 Å². The number of nitrogens with one attached hydrogen (secondary N) is 1. The molecule has 2 aromatic rings. The first-order valence-electron chi connectivity index (χ1n) is 6.09. The molecule has 3 nitrogen and oxygen atoms in total. The maximum Gasteiger partial charge on any atom is 0.106 e. The number of benzene rings is 2. The van der Waals surface area contributed by atoms with Crippen molar-refractivity contribution < 1.29 is 10.2 Å². The highest BCUT2D eigenvalue weighted by atomic mass is 32.1. The zero-order valence-corrected chi connectivity index (χ0v) is 11.3. The zero-order chi connectivity index (χ0) is 13.7. The summed E-state index contributed by atoms with van der Waals surface area (Å²) in [6.45, 7) is 0. The normalized spacial score (nSPS) is 13.8. The molecular weight excluding hydrogens is 258 g/mol. The van der Waals surface area contributed by atoms with Gasteiger partial charge in [0.1, 0.15) is 6.10 Å². The molecule has 0 aliphatic heterocycles. The van der Waals surface area contributed by atoms with Gasteiger partial charge in [-0.1, -0.05) is 30.3 Å². The van der Waals surface area contributed by atoms with Crippen molar-refractivity contribution in [3.8, 4) is 0 Å². The van der Waals surface area contributed by atoms with E-state index in [0.29, 0.717) is 5.56 Å². The molecule has 3 N–H and O–H groups in total. The van der Waals surface area contributed by atoms with E-state index in [4.69, 9.17) is 0 Å². The maximum atomic E-state index is 9.95. The zero-order valence-electron chi connectivity index (χ0n) is 10.4. The van der Waals surface area contributed by atoms with Gasteiger partial charge in [0.25, 0.3) is 0 Å². The van der Waals surface area contributed by atoms with Crippen molar-refractivity contribution in [1.82, 2.24) is 0 Å². The van der Waals surface area contributed by atoms with E-state index in [0.717, 1.165) is 11.4 Å². The standard InChI is InChI=1S/C15H17NO2S/c17-14(10-19)15(18)11-5-4-8-13(9-11)16-12-6-2-1-3-7-12/h1-9,14-19H,10H2.